The largest absolute Gasteiger partial charge is 0.457 e. The molecule has 0 saturated heterocycles. The lowest BCUT2D eigenvalue weighted by Gasteiger charge is -2.08. The van der Waals surface area contributed by atoms with E-state index >= 15 is 0 Å². The predicted molar refractivity (Wildman–Crippen MR) is 82.6 cm³/mol. The third-order valence-electron chi connectivity index (χ3n) is 2.61. The molecule has 0 aliphatic carbocycles. The van der Waals surface area contributed by atoms with Crippen molar-refractivity contribution in [3.05, 3.63) is 58.1 Å². The summed E-state index contributed by atoms with van der Waals surface area (Å²) in [5.74, 6) is 1.55. The van der Waals surface area contributed by atoms with Gasteiger partial charge in [0.15, 0.2) is 0 Å². The SMILES string of the molecule is N#CCc1ccc(Oc2ccc(CBr)c(Br)c2)cc1. The molecule has 19 heavy (non-hydrogen) atoms. The summed E-state index contributed by atoms with van der Waals surface area (Å²) < 4.78 is 6.78. The van der Waals surface area contributed by atoms with Crippen molar-refractivity contribution in [2.75, 3.05) is 0 Å². The van der Waals surface area contributed by atoms with E-state index in [1.165, 1.54) is 5.56 Å². The van der Waals surface area contributed by atoms with Crippen molar-refractivity contribution in [3.63, 3.8) is 0 Å². The highest BCUT2D eigenvalue weighted by Gasteiger charge is 2.02. The van der Waals surface area contributed by atoms with Crippen molar-refractivity contribution < 1.29 is 4.74 Å². The summed E-state index contributed by atoms with van der Waals surface area (Å²) in [6, 6.07) is 15.6. The Morgan fingerprint density at radius 1 is 1.05 bits per heavy atom. The molecule has 4 heteroatoms. The molecule has 0 radical (unpaired) electrons. The van der Waals surface area contributed by atoms with Gasteiger partial charge in [0.25, 0.3) is 0 Å². The summed E-state index contributed by atoms with van der Waals surface area (Å²) in [7, 11) is 0. The molecule has 0 atom stereocenters. The molecule has 0 saturated carbocycles. The van der Waals surface area contributed by atoms with Gasteiger partial charge < -0.3 is 4.74 Å². The van der Waals surface area contributed by atoms with Crippen molar-refractivity contribution >= 4 is 31.9 Å². The monoisotopic (exact) mass is 379 g/mol. The van der Waals surface area contributed by atoms with Crippen molar-refractivity contribution in [1.82, 2.24) is 0 Å². The van der Waals surface area contributed by atoms with Crippen molar-refractivity contribution in [2.45, 2.75) is 11.8 Å². The first-order valence-corrected chi connectivity index (χ1v) is 7.62. The molecule has 2 rings (SSSR count). The highest BCUT2D eigenvalue weighted by molar-refractivity contribution is 9.10. The smallest absolute Gasteiger partial charge is 0.128 e. The standard InChI is InChI=1S/C15H11Br2NO/c16-10-12-3-6-14(9-15(12)17)19-13-4-1-11(2-5-13)7-8-18/h1-6,9H,7,10H2. The molecule has 0 aromatic heterocycles. The maximum absolute atomic E-state index is 8.61. The first kappa shape index (κ1) is 14.1. The second-order valence-electron chi connectivity index (χ2n) is 3.97. The van der Waals surface area contributed by atoms with Gasteiger partial charge in [-0.3, -0.25) is 0 Å². The van der Waals surface area contributed by atoms with E-state index in [-0.39, 0.29) is 0 Å². The van der Waals surface area contributed by atoms with Crippen LogP contribution >= 0.6 is 31.9 Å². The topological polar surface area (TPSA) is 33.0 Å². The van der Waals surface area contributed by atoms with Crippen LogP contribution in [0.2, 0.25) is 0 Å². The fourth-order valence-corrected chi connectivity index (χ4v) is 2.97. The lowest BCUT2D eigenvalue weighted by atomic mass is 10.2. The van der Waals surface area contributed by atoms with Gasteiger partial charge in [0.1, 0.15) is 11.5 Å². The third-order valence-corrected chi connectivity index (χ3v) is 3.95. The summed E-state index contributed by atoms with van der Waals surface area (Å²) >= 11 is 6.93. The number of nitrogens with zero attached hydrogens (tertiary/aromatic N) is 1. The van der Waals surface area contributed by atoms with Crippen LogP contribution in [0.15, 0.2) is 46.9 Å². The minimum atomic E-state index is 0.422. The first-order chi connectivity index (χ1) is 9.22. The molecule has 0 heterocycles. The number of ether oxygens (including phenoxy) is 1. The fraction of sp³-hybridized carbons (Fsp3) is 0.133. The summed E-state index contributed by atoms with van der Waals surface area (Å²) in [4.78, 5) is 0. The molecular weight excluding hydrogens is 370 g/mol. The zero-order valence-corrected chi connectivity index (χ0v) is 13.2. The summed E-state index contributed by atoms with van der Waals surface area (Å²) in [6.07, 6.45) is 0.422. The number of rotatable bonds is 4. The molecule has 0 bridgehead atoms. The van der Waals surface area contributed by atoms with Gasteiger partial charge in [0.05, 0.1) is 12.5 Å². The van der Waals surface area contributed by atoms with E-state index in [1.54, 1.807) is 0 Å². The van der Waals surface area contributed by atoms with Crippen LogP contribution in [0.1, 0.15) is 11.1 Å². The van der Waals surface area contributed by atoms with Crippen molar-refractivity contribution in [2.24, 2.45) is 0 Å². The molecule has 0 unspecified atom stereocenters. The lowest BCUT2D eigenvalue weighted by molar-refractivity contribution is 0.482. The van der Waals surface area contributed by atoms with Crippen molar-refractivity contribution in [1.29, 1.82) is 5.26 Å². The van der Waals surface area contributed by atoms with Gasteiger partial charge in [-0.2, -0.15) is 5.26 Å². The maximum atomic E-state index is 8.61. The Morgan fingerprint density at radius 2 is 1.74 bits per heavy atom. The fourth-order valence-electron chi connectivity index (χ4n) is 1.60. The zero-order chi connectivity index (χ0) is 13.7. The highest BCUT2D eigenvalue weighted by Crippen LogP contribution is 2.28. The van der Waals surface area contributed by atoms with Gasteiger partial charge >= 0.3 is 0 Å². The van der Waals surface area contributed by atoms with E-state index in [0.29, 0.717) is 6.42 Å². The van der Waals surface area contributed by atoms with Gasteiger partial charge in [0.2, 0.25) is 0 Å². The molecule has 0 spiro atoms. The number of nitriles is 1. The van der Waals surface area contributed by atoms with E-state index in [1.807, 2.05) is 42.5 Å². The molecule has 96 valence electrons. The van der Waals surface area contributed by atoms with Crippen LogP contribution < -0.4 is 4.74 Å². The molecule has 0 aliphatic heterocycles. The van der Waals surface area contributed by atoms with E-state index in [9.17, 15) is 0 Å². The Bertz CT molecular complexity index is 603. The lowest BCUT2D eigenvalue weighted by Crippen LogP contribution is -1.87. The van der Waals surface area contributed by atoms with Gasteiger partial charge in [-0.05, 0) is 35.4 Å². The van der Waals surface area contributed by atoms with Gasteiger partial charge in [0, 0.05) is 9.80 Å². The summed E-state index contributed by atoms with van der Waals surface area (Å²) in [5, 5.41) is 9.42. The summed E-state index contributed by atoms with van der Waals surface area (Å²) in [6.45, 7) is 0. The second kappa shape index (κ2) is 6.74. The van der Waals surface area contributed by atoms with Crippen LogP contribution in [0.5, 0.6) is 11.5 Å². The zero-order valence-electron chi connectivity index (χ0n) is 10.1. The minimum Gasteiger partial charge on any atom is -0.457 e. The molecule has 0 fully saturated rings. The van der Waals surface area contributed by atoms with Gasteiger partial charge in [-0.25, -0.2) is 0 Å². The molecule has 0 aliphatic rings. The van der Waals surface area contributed by atoms with E-state index in [4.69, 9.17) is 10.00 Å². The van der Waals surface area contributed by atoms with E-state index in [2.05, 4.69) is 37.9 Å². The van der Waals surface area contributed by atoms with Crippen LogP contribution in [0.4, 0.5) is 0 Å². The van der Waals surface area contributed by atoms with Crippen molar-refractivity contribution in [3.8, 4) is 17.6 Å². The van der Waals surface area contributed by atoms with Crippen LogP contribution in [0.25, 0.3) is 0 Å². The van der Waals surface area contributed by atoms with E-state index < -0.39 is 0 Å². The van der Waals surface area contributed by atoms with Gasteiger partial charge in [-0.1, -0.05) is 50.1 Å². The molecule has 2 aromatic rings. The molecule has 0 amide bonds. The second-order valence-corrected chi connectivity index (χ2v) is 5.38. The summed E-state index contributed by atoms with van der Waals surface area (Å²) in [5.41, 5.74) is 2.17. The predicted octanol–water partition coefficient (Wildman–Crippen LogP) is 5.20. The number of halogens is 2. The molecule has 0 N–H and O–H groups in total. The first-order valence-electron chi connectivity index (χ1n) is 5.71. The van der Waals surface area contributed by atoms with Gasteiger partial charge in [-0.15, -0.1) is 0 Å². The molecular formula is C15H11Br2NO. The average Bonchev–Trinajstić information content (AvgIpc) is 2.42. The number of hydrogen-bond acceptors (Lipinski definition) is 2. The Morgan fingerprint density at radius 3 is 2.32 bits per heavy atom. The average molecular weight is 381 g/mol. The number of alkyl halides is 1. The Kier molecular flexibility index (Phi) is 5.00. The van der Waals surface area contributed by atoms with E-state index in [0.717, 1.165) is 26.9 Å². The van der Waals surface area contributed by atoms with Crippen LogP contribution in [-0.4, -0.2) is 0 Å². The quantitative estimate of drug-likeness (QED) is 0.682. The Hall–Kier alpha value is -1.31. The number of hydrogen-bond donors (Lipinski definition) is 0. The van der Waals surface area contributed by atoms with Crippen LogP contribution in [0.3, 0.4) is 0 Å². The van der Waals surface area contributed by atoms with Crippen LogP contribution in [0, 0.1) is 11.3 Å². The highest BCUT2D eigenvalue weighted by atomic mass is 79.9. The molecule has 2 aromatic carbocycles. The molecule has 2 nitrogen and oxygen atoms in total. The maximum Gasteiger partial charge on any atom is 0.128 e. The Labute approximate surface area is 129 Å². The Balaban J connectivity index is 2.12. The minimum absolute atomic E-state index is 0.422. The number of benzene rings is 2. The third kappa shape index (κ3) is 3.82. The van der Waals surface area contributed by atoms with Crippen LogP contribution in [-0.2, 0) is 11.8 Å². The normalized spacial score (nSPS) is 9.95.